The third kappa shape index (κ3) is 4.54. The van der Waals surface area contributed by atoms with E-state index in [0.717, 1.165) is 15.4 Å². The van der Waals surface area contributed by atoms with Gasteiger partial charge in [0.1, 0.15) is 11.2 Å². The zero-order valence-electron chi connectivity index (χ0n) is 12.1. The number of ether oxygens (including phenoxy) is 1. The Morgan fingerprint density at radius 2 is 2.19 bits per heavy atom. The first kappa shape index (κ1) is 15.5. The topological polar surface area (TPSA) is 51.5 Å². The van der Waals surface area contributed by atoms with Crippen molar-refractivity contribution in [3.63, 3.8) is 0 Å². The molecule has 0 atom stereocenters. The van der Waals surface area contributed by atoms with Crippen molar-refractivity contribution < 1.29 is 13.9 Å². The van der Waals surface area contributed by atoms with Gasteiger partial charge >= 0.3 is 6.09 Å². The number of halogens is 1. The zero-order chi connectivity index (χ0) is 15.5. The van der Waals surface area contributed by atoms with E-state index >= 15 is 0 Å². The number of amides is 1. The summed E-state index contributed by atoms with van der Waals surface area (Å²) in [6, 6.07) is 7.58. The van der Waals surface area contributed by atoms with E-state index in [0.29, 0.717) is 5.76 Å². The summed E-state index contributed by atoms with van der Waals surface area (Å²) >= 11 is 3.46. The zero-order valence-corrected chi connectivity index (χ0v) is 13.7. The van der Waals surface area contributed by atoms with Gasteiger partial charge in [-0.1, -0.05) is 27.9 Å². The van der Waals surface area contributed by atoms with Crippen LogP contribution in [0, 0.1) is 11.8 Å². The van der Waals surface area contributed by atoms with Gasteiger partial charge < -0.3 is 14.5 Å². The standard InChI is InChI=1S/C16H16BrNO3/c1-16(2,3)21-15(19)18-9-5-6-11-10-12-13(17)7-4-8-14(12)20-11/h4,7-8,10H,9H2,1-3H3,(H,18,19). The van der Waals surface area contributed by atoms with Crippen LogP contribution in [0.2, 0.25) is 0 Å². The number of hydrogen-bond donors (Lipinski definition) is 1. The Morgan fingerprint density at radius 3 is 2.86 bits per heavy atom. The van der Waals surface area contributed by atoms with Gasteiger partial charge in [0.05, 0.1) is 6.54 Å². The average Bonchev–Trinajstić information content (AvgIpc) is 2.77. The lowest BCUT2D eigenvalue weighted by atomic mass is 10.2. The van der Waals surface area contributed by atoms with E-state index in [1.165, 1.54) is 0 Å². The highest BCUT2D eigenvalue weighted by atomic mass is 79.9. The summed E-state index contributed by atoms with van der Waals surface area (Å²) < 4.78 is 11.7. The van der Waals surface area contributed by atoms with Crippen LogP contribution in [0.4, 0.5) is 4.79 Å². The van der Waals surface area contributed by atoms with Gasteiger partial charge in [0.2, 0.25) is 0 Å². The van der Waals surface area contributed by atoms with E-state index in [1.54, 1.807) is 0 Å². The number of carbonyl (C=O) groups excluding carboxylic acids is 1. The number of benzene rings is 1. The summed E-state index contributed by atoms with van der Waals surface area (Å²) in [5.74, 6) is 6.26. The highest BCUT2D eigenvalue weighted by molar-refractivity contribution is 9.10. The molecule has 4 nitrogen and oxygen atoms in total. The van der Waals surface area contributed by atoms with Crippen LogP contribution in [-0.2, 0) is 4.74 Å². The molecule has 0 fully saturated rings. The van der Waals surface area contributed by atoms with Gasteiger partial charge in [-0.25, -0.2) is 4.79 Å². The molecule has 1 aromatic heterocycles. The lowest BCUT2D eigenvalue weighted by Gasteiger charge is -2.18. The summed E-state index contributed by atoms with van der Waals surface area (Å²) in [6.07, 6.45) is -0.482. The summed E-state index contributed by atoms with van der Waals surface area (Å²) in [5, 5.41) is 3.54. The van der Waals surface area contributed by atoms with Crippen molar-refractivity contribution in [3.05, 3.63) is 34.5 Å². The van der Waals surface area contributed by atoms with Crippen LogP contribution in [0.15, 0.2) is 33.2 Å². The molecule has 0 spiro atoms. The van der Waals surface area contributed by atoms with Crippen molar-refractivity contribution in [2.45, 2.75) is 26.4 Å². The molecule has 0 saturated carbocycles. The van der Waals surface area contributed by atoms with Crippen LogP contribution in [0.5, 0.6) is 0 Å². The number of fused-ring (bicyclic) bond motifs is 1. The Kier molecular flexibility index (Phi) is 4.59. The summed E-state index contributed by atoms with van der Waals surface area (Å²) in [6.45, 7) is 5.63. The Balaban J connectivity index is 1.96. The second-order valence-electron chi connectivity index (χ2n) is 5.42. The Hall–Kier alpha value is -1.93. The fourth-order valence-corrected chi connectivity index (χ4v) is 2.11. The molecule has 21 heavy (non-hydrogen) atoms. The molecule has 1 N–H and O–H groups in total. The van der Waals surface area contributed by atoms with Gasteiger partial charge in [0.15, 0.2) is 5.76 Å². The van der Waals surface area contributed by atoms with Gasteiger partial charge in [-0.3, -0.25) is 0 Å². The monoisotopic (exact) mass is 349 g/mol. The maximum Gasteiger partial charge on any atom is 0.408 e. The number of alkyl carbamates (subject to hydrolysis) is 1. The quantitative estimate of drug-likeness (QED) is 0.789. The van der Waals surface area contributed by atoms with Gasteiger partial charge in [-0.05, 0) is 38.8 Å². The summed E-state index contributed by atoms with van der Waals surface area (Å²) in [5.41, 5.74) is 0.261. The van der Waals surface area contributed by atoms with Gasteiger partial charge in [-0.15, -0.1) is 0 Å². The van der Waals surface area contributed by atoms with E-state index in [-0.39, 0.29) is 6.54 Å². The lowest BCUT2D eigenvalue weighted by molar-refractivity contribution is 0.0535. The second-order valence-corrected chi connectivity index (χ2v) is 6.27. The molecule has 0 unspecified atom stereocenters. The molecule has 2 aromatic rings. The van der Waals surface area contributed by atoms with E-state index in [4.69, 9.17) is 9.15 Å². The average molecular weight is 350 g/mol. The highest BCUT2D eigenvalue weighted by Crippen LogP contribution is 2.26. The molecule has 0 bridgehead atoms. The van der Waals surface area contributed by atoms with Crippen LogP contribution >= 0.6 is 15.9 Å². The predicted molar refractivity (Wildman–Crippen MR) is 85.0 cm³/mol. The minimum absolute atomic E-state index is 0.202. The SMILES string of the molecule is CC(C)(C)OC(=O)NCC#Cc1cc2c(Br)cccc2o1. The largest absolute Gasteiger partial charge is 0.448 e. The molecule has 0 aliphatic heterocycles. The number of nitrogens with one attached hydrogen (secondary N) is 1. The molecule has 0 aliphatic carbocycles. The molecule has 110 valence electrons. The first-order chi connectivity index (χ1) is 9.85. The molecule has 2 rings (SSSR count). The molecular weight excluding hydrogens is 334 g/mol. The van der Waals surface area contributed by atoms with Crippen LogP contribution in [0.1, 0.15) is 26.5 Å². The van der Waals surface area contributed by atoms with Crippen molar-refractivity contribution in [2.75, 3.05) is 6.54 Å². The third-order valence-electron chi connectivity index (χ3n) is 2.44. The van der Waals surface area contributed by atoms with Crippen molar-refractivity contribution in [3.8, 4) is 11.8 Å². The molecule has 1 aromatic carbocycles. The van der Waals surface area contributed by atoms with E-state index < -0.39 is 11.7 Å². The van der Waals surface area contributed by atoms with Crippen LogP contribution in [-0.4, -0.2) is 18.2 Å². The van der Waals surface area contributed by atoms with Crippen LogP contribution in [0.3, 0.4) is 0 Å². The minimum Gasteiger partial charge on any atom is -0.448 e. The predicted octanol–water partition coefficient (Wildman–Crippen LogP) is 4.07. The smallest absolute Gasteiger partial charge is 0.408 e. The number of hydrogen-bond acceptors (Lipinski definition) is 3. The van der Waals surface area contributed by atoms with E-state index in [2.05, 4.69) is 33.1 Å². The first-order valence-electron chi connectivity index (χ1n) is 6.49. The first-order valence-corrected chi connectivity index (χ1v) is 7.28. The fourth-order valence-electron chi connectivity index (χ4n) is 1.65. The van der Waals surface area contributed by atoms with Gasteiger partial charge in [0, 0.05) is 15.9 Å². The van der Waals surface area contributed by atoms with Crippen molar-refractivity contribution in [2.24, 2.45) is 0 Å². The number of rotatable bonds is 1. The van der Waals surface area contributed by atoms with E-state index in [1.807, 2.05) is 45.0 Å². The molecule has 0 saturated heterocycles. The van der Waals surface area contributed by atoms with Crippen LogP contribution in [0.25, 0.3) is 11.0 Å². The Labute approximate surface area is 132 Å². The van der Waals surface area contributed by atoms with Crippen molar-refractivity contribution >= 4 is 33.0 Å². The second kappa shape index (κ2) is 6.23. The summed E-state index contributed by atoms with van der Waals surface area (Å²) in [7, 11) is 0. The maximum atomic E-state index is 11.4. The number of furan rings is 1. The molecule has 1 amide bonds. The molecule has 5 heteroatoms. The highest BCUT2D eigenvalue weighted by Gasteiger charge is 2.15. The maximum absolute atomic E-state index is 11.4. The van der Waals surface area contributed by atoms with Gasteiger partial charge in [0.25, 0.3) is 0 Å². The van der Waals surface area contributed by atoms with Crippen molar-refractivity contribution in [1.82, 2.24) is 5.32 Å². The molecular formula is C16H16BrNO3. The van der Waals surface area contributed by atoms with E-state index in [9.17, 15) is 4.79 Å². The molecule has 0 radical (unpaired) electrons. The summed E-state index contributed by atoms with van der Waals surface area (Å²) in [4.78, 5) is 11.4. The Bertz CT molecular complexity index is 716. The fraction of sp³-hybridized carbons (Fsp3) is 0.312. The van der Waals surface area contributed by atoms with Gasteiger partial charge in [-0.2, -0.15) is 0 Å². The minimum atomic E-state index is -0.511. The normalized spacial score (nSPS) is 10.9. The van der Waals surface area contributed by atoms with Crippen molar-refractivity contribution in [1.29, 1.82) is 0 Å². The lowest BCUT2D eigenvalue weighted by Crippen LogP contribution is -2.32. The van der Waals surface area contributed by atoms with Crippen LogP contribution < -0.4 is 5.32 Å². The Morgan fingerprint density at radius 1 is 1.43 bits per heavy atom. The third-order valence-corrected chi connectivity index (χ3v) is 3.13. The molecule has 1 heterocycles. The molecule has 0 aliphatic rings. The number of carbonyl (C=O) groups is 1.